The molecule has 4 heteroatoms. The quantitative estimate of drug-likeness (QED) is 0.909. The lowest BCUT2D eigenvalue weighted by Gasteiger charge is -2.07. The standard InChI is InChI=1S/C12H15NOS2/c1-9(6-13)16(14)8-10-7-15-12-5-3-2-4-11(10)12/h2-5,7,9H,6,8,13H2,1H3. The SMILES string of the molecule is CC(CN)S(=O)Cc1csc2ccccc12. The van der Waals surface area contributed by atoms with Crippen LogP contribution in [0.5, 0.6) is 0 Å². The zero-order valence-corrected chi connectivity index (χ0v) is 10.8. The molecule has 0 amide bonds. The lowest BCUT2D eigenvalue weighted by Crippen LogP contribution is -2.22. The van der Waals surface area contributed by atoms with E-state index in [0.717, 1.165) is 0 Å². The number of hydrogen-bond donors (Lipinski definition) is 1. The Bertz CT molecular complexity index is 506. The van der Waals surface area contributed by atoms with Crippen molar-refractivity contribution in [2.24, 2.45) is 5.73 Å². The molecule has 0 aliphatic rings. The van der Waals surface area contributed by atoms with Crippen molar-refractivity contribution in [1.82, 2.24) is 0 Å². The normalized spacial score (nSPS) is 15.1. The first-order valence-corrected chi connectivity index (χ1v) is 7.51. The monoisotopic (exact) mass is 253 g/mol. The van der Waals surface area contributed by atoms with E-state index in [1.165, 1.54) is 15.6 Å². The second kappa shape index (κ2) is 5.08. The van der Waals surface area contributed by atoms with E-state index in [1.54, 1.807) is 11.3 Å². The Morgan fingerprint density at radius 1 is 1.44 bits per heavy atom. The summed E-state index contributed by atoms with van der Waals surface area (Å²) in [4.78, 5) is 0. The predicted molar refractivity (Wildman–Crippen MR) is 72.2 cm³/mol. The van der Waals surface area contributed by atoms with Crippen LogP contribution in [0.25, 0.3) is 10.1 Å². The van der Waals surface area contributed by atoms with Crippen LogP contribution in [-0.2, 0) is 16.6 Å². The lowest BCUT2D eigenvalue weighted by atomic mass is 10.2. The molecule has 2 rings (SSSR count). The Hall–Kier alpha value is -0.710. The highest BCUT2D eigenvalue weighted by atomic mass is 32.2. The summed E-state index contributed by atoms with van der Waals surface area (Å²) in [7, 11) is -0.869. The van der Waals surface area contributed by atoms with Gasteiger partial charge in [-0.15, -0.1) is 11.3 Å². The second-order valence-corrected chi connectivity index (χ2v) is 6.59. The molecule has 2 N–H and O–H groups in total. The van der Waals surface area contributed by atoms with E-state index in [9.17, 15) is 4.21 Å². The molecule has 16 heavy (non-hydrogen) atoms. The molecule has 1 aromatic heterocycles. The molecule has 0 radical (unpaired) electrons. The van der Waals surface area contributed by atoms with Crippen LogP contribution in [0.1, 0.15) is 12.5 Å². The zero-order valence-electron chi connectivity index (χ0n) is 9.18. The fraction of sp³-hybridized carbons (Fsp3) is 0.333. The summed E-state index contributed by atoms with van der Waals surface area (Å²) >= 11 is 1.71. The number of hydrogen-bond acceptors (Lipinski definition) is 3. The van der Waals surface area contributed by atoms with Crippen LogP contribution in [0.4, 0.5) is 0 Å². The highest BCUT2D eigenvalue weighted by Gasteiger charge is 2.12. The van der Waals surface area contributed by atoms with Gasteiger partial charge in [-0.05, 0) is 29.3 Å². The Labute approximate surface area is 102 Å². The van der Waals surface area contributed by atoms with Gasteiger partial charge in [0.1, 0.15) is 0 Å². The lowest BCUT2D eigenvalue weighted by molar-refractivity contribution is 0.673. The van der Waals surface area contributed by atoms with Crippen molar-refractivity contribution in [2.75, 3.05) is 6.54 Å². The number of rotatable bonds is 4. The third-order valence-corrected chi connectivity index (χ3v) is 5.34. The van der Waals surface area contributed by atoms with Crippen molar-refractivity contribution in [2.45, 2.75) is 17.9 Å². The molecule has 0 fully saturated rings. The molecule has 0 saturated heterocycles. The molecule has 0 aliphatic heterocycles. The largest absolute Gasteiger partial charge is 0.329 e. The van der Waals surface area contributed by atoms with Crippen molar-refractivity contribution < 1.29 is 4.21 Å². The summed E-state index contributed by atoms with van der Waals surface area (Å²) in [5.41, 5.74) is 6.70. The molecular formula is C12H15NOS2. The van der Waals surface area contributed by atoms with Crippen LogP contribution in [0.3, 0.4) is 0 Å². The van der Waals surface area contributed by atoms with Crippen molar-refractivity contribution in [1.29, 1.82) is 0 Å². The average Bonchev–Trinajstić information content (AvgIpc) is 2.72. The molecular weight excluding hydrogens is 238 g/mol. The first-order chi connectivity index (χ1) is 7.72. The van der Waals surface area contributed by atoms with Gasteiger partial charge in [0.05, 0.1) is 5.75 Å². The summed E-state index contributed by atoms with van der Waals surface area (Å²) in [6, 6.07) is 8.24. The first-order valence-electron chi connectivity index (χ1n) is 5.24. The van der Waals surface area contributed by atoms with E-state index < -0.39 is 10.8 Å². The third kappa shape index (κ3) is 2.34. The molecule has 0 bridgehead atoms. The molecule has 0 spiro atoms. The summed E-state index contributed by atoms with van der Waals surface area (Å²) in [6.45, 7) is 2.42. The maximum atomic E-state index is 11.9. The van der Waals surface area contributed by atoms with Gasteiger partial charge in [-0.1, -0.05) is 18.2 Å². The van der Waals surface area contributed by atoms with Crippen molar-refractivity contribution in [3.63, 3.8) is 0 Å². The zero-order chi connectivity index (χ0) is 11.5. The molecule has 2 aromatic rings. The minimum absolute atomic E-state index is 0.0682. The van der Waals surface area contributed by atoms with Crippen molar-refractivity contribution in [3.8, 4) is 0 Å². The summed E-state index contributed by atoms with van der Waals surface area (Å²) < 4.78 is 13.2. The van der Waals surface area contributed by atoms with Gasteiger partial charge in [0.15, 0.2) is 0 Å². The van der Waals surface area contributed by atoms with Gasteiger partial charge < -0.3 is 5.73 Å². The van der Waals surface area contributed by atoms with Crippen LogP contribution < -0.4 is 5.73 Å². The Balaban J connectivity index is 2.25. The van der Waals surface area contributed by atoms with Gasteiger partial charge in [-0.2, -0.15) is 0 Å². The van der Waals surface area contributed by atoms with Crippen LogP contribution in [-0.4, -0.2) is 16.0 Å². The fourth-order valence-electron chi connectivity index (χ4n) is 1.55. The minimum atomic E-state index is -0.869. The van der Waals surface area contributed by atoms with Crippen molar-refractivity contribution in [3.05, 3.63) is 35.2 Å². The van der Waals surface area contributed by atoms with Crippen LogP contribution in [0, 0.1) is 0 Å². The van der Waals surface area contributed by atoms with Gasteiger partial charge in [0.25, 0.3) is 0 Å². The van der Waals surface area contributed by atoms with Gasteiger partial charge in [0, 0.05) is 27.3 Å². The van der Waals surface area contributed by atoms with Gasteiger partial charge in [-0.25, -0.2) is 0 Å². The number of nitrogens with two attached hydrogens (primary N) is 1. The van der Waals surface area contributed by atoms with Crippen LogP contribution in [0.15, 0.2) is 29.6 Å². The smallest absolute Gasteiger partial charge is 0.0503 e. The molecule has 0 saturated carbocycles. The second-order valence-electron chi connectivity index (χ2n) is 3.83. The molecule has 1 heterocycles. The van der Waals surface area contributed by atoms with E-state index in [1.807, 2.05) is 19.1 Å². The number of thiophene rings is 1. The van der Waals surface area contributed by atoms with Gasteiger partial charge >= 0.3 is 0 Å². The highest BCUT2D eigenvalue weighted by Crippen LogP contribution is 2.26. The minimum Gasteiger partial charge on any atom is -0.329 e. The summed E-state index contributed by atoms with van der Waals surface area (Å²) in [6.07, 6.45) is 0. The highest BCUT2D eigenvalue weighted by molar-refractivity contribution is 7.84. The van der Waals surface area contributed by atoms with E-state index in [0.29, 0.717) is 12.3 Å². The van der Waals surface area contributed by atoms with E-state index >= 15 is 0 Å². The Kier molecular flexibility index (Phi) is 3.74. The van der Waals surface area contributed by atoms with Crippen molar-refractivity contribution >= 4 is 32.2 Å². The third-order valence-electron chi connectivity index (χ3n) is 2.64. The Morgan fingerprint density at radius 3 is 2.94 bits per heavy atom. The average molecular weight is 253 g/mol. The summed E-state index contributed by atoms with van der Waals surface area (Å²) in [5, 5.41) is 3.40. The first kappa shape index (κ1) is 11.8. The van der Waals surface area contributed by atoms with E-state index in [-0.39, 0.29) is 5.25 Å². The van der Waals surface area contributed by atoms with Gasteiger partial charge in [0.2, 0.25) is 0 Å². The van der Waals surface area contributed by atoms with E-state index in [2.05, 4.69) is 17.5 Å². The molecule has 86 valence electrons. The van der Waals surface area contributed by atoms with E-state index in [4.69, 9.17) is 5.73 Å². The predicted octanol–water partition coefficient (Wildman–Crippen LogP) is 2.50. The number of benzene rings is 1. The van der Waals surface area contributed by atoms with Gasteiger partial charge in [-0.3, -0.25) is 4.21 Å². The summed E-state index contributed by atoms with van der Waals surface area (Å²) in [5.74, 6) is 0.613. The topological polar surface area (TPSA) is 43.1 Å². The fourth-order valence-corrected chi connectivity index (χ4v) is 3.66. The molecule has 0 aliphatic carbocycles. The molecule has 2 atom stereocenters. The van der Waals surface area contributed by atoms with Crippen LogP contribution >= 0.6 is 11.3 Å². The molecule has 2 unspecified atom stereocenters. The maximum Gasteiger partial charge on any atom is 0.0503 e. The molecule has 1 aromatic carbocycles. The Morgan fingerprint density at radius 2 is 2.19 bits per heavy atom. The maximum absolute atomic E-state index is 11.9. The molecule has 2 nitrogen and oxygen atoms in total. The van der Waals surface area contributed by atoms with Crippen LogP contribution in [0.2, 0.25) is 0 Å². The number of fused-ring (bicyclic) bond motifs is 1.